The van der Waals surface area contributed by atoms with Gasteiger partial charge in [0.2, 0.25) is 0 Å². The molecular weight excluding hydrogens is 324 g/mol. The second-order valence-electron chi connectivity index (χ2n) is 4.96. The maximum Gasteiger partial charge on any atom is 0.283 e. The van der Waals surface area contributed by atoms with Gasteiger partial charge in [-0.1, -0.05) is 12.1 Å². The molecule has 1 aromatic carbocycles. The molecule has 1 aromatic rings. The first-order valence-electron chi connectivity index (χ1n) is 6.92. The second-order valence-corrected chi connectivity index (χ2v) is 5.75. The van der Waals surface area contributed by atoms with Crippen molar-refractivity contribution in [2.24, 2.45) is 0 Å². The molecule has 1 unspecified atom stereocenters. The van der Waals surface area contributed by atoms with E-state index in [1.165, 1.54) is 18.9 Å². The largest absolute Gasteiger partial charge is 0.378 e. The van der Waals surface area contributed by atoms with E-state index < -0.39 is 0 Å². The lowest BCUT2D eigenvalue weighted by Gasteiger charge is -2.22. The predicted molar refractivity (Wildman–Crippen MR) is 80.7 cm³/mol. The van der Waals surface area contributed by atoms with Gasteiger partial charge in [-0.2, -0.15) is 0 Å². The van der Waals surface area contributed by atoms with Crippen molar-refractivity contribution in [1.29, 1.82) is 0 Å². The average Bonchev–Trinajstić information content (AvgIpc) is 2.46. The van der Waals surface area contributed by atoms with Gasteiger partial charge in [0.05, 0.1) is 15.5 Å². The van der Waals surface area contributed by atoms with E-state index in [2.05, 4.69) is 21.2 Å². The van der Waals surface area contributed by atoms with Crippen molar-refractivity contribution < 1.29 is 9.66 Å². The number of benzene rings is 1. The predicted octanol–water partition coefficient (Wildman–Crippen LogP) is 3.41. The maximum absolute atomic E-state index is 10.8. The molecule has 20 heavy (non-hydrogen) atoms. The Bertz CT molecular complexity index is 462. The minimum Gasteiger partial charge on any atom is -0.378 e. The number of nitro benzene ring substituents is 1. The van der Waals surface area contributed by atoms with Gasteiger partial charge in [0.25, 0.3) is 5.69 Å². The van der Waals surface area contributed by atoms with E-state index >= 15 is 0 Å². The minimum absolute atomic E-state index is 0.111. The molecule has 1 N–H and O–H groups in total. The third-order valence-corrected chi connectivity index (χ3v) is 4.40. The SMILES string of the molecule is O=[N+]([O-])c1cccc(CNCCC2CCCCO2)c1Br. The Hall–Kier alpha value is -0.980. The van der Waals surface area contributed by atoms with Crippen molar-refractivity contribution in [3.8, 4) is 0 Å². The molecule has 0 aromatic heterocycles. The van der Waals surface area contributed by atoms with Crippen LogP contribution in [0.25, 0.3) is 0 Å². The van der Waals surface area contributed by atoms with Gasteiger partial charge in [-0.3, -0.25) is 10.1 Å². The quantitative estimate of drug-likeness (QED) is 0.488. The van der Waals surface area contributed by atoms with Gasteiger partial charge in [-0.05, 0) is 53.7 Å². The Labute approximate surface area is 127 Å². The van der Waals surface area contributed by atoms with Crippen LogP contribution >= 0.6 is 15.9 Å². The summed E-state index contributed by atoms with van der Waals surface area (Å²) < 4.78 is 6.23. The highest BCUT2D eigenvalue weighted by molar-refractivity contribution is 9.10. The highest BCUT2D eigenvalue weighted by Crippen LogP contribution is 2.28. The highest BCUT2D eigenvalue weighted by Gasteiger charge is 2.15. The number of nitro groups is 1. The molecule has 0 amide bonds. The van der Waals surface area contributed by atoms with Crippen LogP contribution < -0.4 is 5.32 Å². The number of ether oxygens (including phenoxy) is 1. The van der Waals surface area contributed by atoms with Crippen LogP contribution in [0.5, 0.6) is 0 Å². The maximum atomic E-state index is 10.8. The normalized spacial score (nSPS) is 18.9. The van der Waals surface area contributed by atoms with Crippen LogP contribution in [0.15, 0.2) is 22.7 Å². The van der Waals surface area contributed by atoms with Crippen molar-refractivity contribution in [2.45, 2.75) is 38.3 Å². The van der Waals surface area contributed by atoms with E-state index in [1.807, 2.05) is 6.07 Å². The summed E-state index contributed by atoms with van der Waals surface area (Å²) in [5.74, 6) is 0. The van der Waals surface area contributed by atoms with Crippen LogP contribution in [0, 0.1) is 10.1 Å². The molecule has 110 valence electrons. The lowest BCUT2D eigenvalue weighted by atomic mass is 10.1. The third-order valence-electron chi connectivity index (χ3n) is 3.49. The molecule has 6 heteroatoms. The van der Waals surface area contributed by atoms with Crippen molar-refractivity contribution in [3.05, 3.63) is 38.3 Å². The first-order chi connectivity index (χ1) is 9.68. The fraction of sp³-hybridized carbons (Fsp3) is 0.571. The molecule has 0 bridgehead atoms. The molecule has 1 heterocycles. The van der Waals surface area contributed by atoms with E-state index in [0.717, 1.165) is 31.6 Å². The monoisotopic (exact) mass is 342 g/mol. The Kier molecular flexibility index (Phi) is 5.94. The summed E-state index contributed by atoms with van der Waals surface area (Å²) in [6.45, 7) is 2.36. The molecule has 1 aliphatic heterocycles. The van der Waals surface area contributed by atoms with Gasteiger partial charge < -0.3 is 10.1 Å². The number of rotatable bonds is 6. The van der Waals surface area contributed by atoms with Gasteiger partial charge in [-0.25, -0.2) is 0 Å². The van der Waals surface area contributed by atoms with Crippen molar-refractivity contribution >= 4 is 21.6 Å². The molecule has 0 saturated carbocycles. The van der Waals surface area contributed by atoms with Crippen molar-refractivity contribution in [1.82, 2.24) is 5.32 Å². The zero-order chi connectivity index (χ0) is 14.4. The van der Waals surface area contributed by atoms with Crippen LogP contribution in [-0.4, -0.2) is 24.2 Å². The van der Waals surface area contributed by atoms with Crippen LogP contribution in [0.1, 0.15) is 31.2 Å². The zero-order valence-corrected chi connectivity index (χ0v) is 12.9. The number of nitrogens with zero attached hydrogens (tertiary/aromatic N) is 1. The molecule has 1 saturated heterocycles. The van der Waals surface area contributed by atoms with E-state index in [9.17, 15) is 10.1 Å². The minimum atomic E-state index is -0.372. The number of halogens is 1. The molecule has 2 rings (SSSR count). The lowest BCUT2D eigenvalue weighted by Crippen LogP contribution is -2.25. The Morgan fingerprint density at radius 3 is 3.00 bits per heavy atom. The third kappa shape index (κ3) is 4.26. The lowest BCUT2D eigenvalue weighted by molar-refractivity contribution is -0.385. The first-order valence-corrected chi connectivity index (χ1v) is 7.72. The van der Waals surface area contributed by atoms with E-state index in [-0.39, 0.29) is 10.6 Å². The summed E-state index contributed by atoms with van der Waals surface area (Å²) in [5, 5.41) is 14.2. The van der Waals surface area contributed by atoms with Gasteiger partial charge in [-0.15, -0.1) is 0 Å². The summed E-state index contributed by atoms with van der Waals surface area (Å²) in [6.07, 6.45) is 4.92. The highest BCUT2D eigenvalue weighted by atomic mass is 79.9. The molecule has 0 radical (unpaired) electrons. The number of nitrogens with one attached hydrogen (secondary N) is 1. The molecule has 0 aliphatic carbocycles. The van der Waals surface area contributed by atoms with Crippen LogP contribution in [-0.2, 0) is 11.3 Å². The van der Waals surface area contributed by atoms with Gasteiger partial charge >= 0.3 is 0 Å². The zero-order valence-electron chi connectivity index (χ0n) is 11.3. The van der Waals surface area contributed by atoms with E-state index in [4.69, 9.17) is 4.74 Å². The van der Waals surface area contributed by atoms with E-state index in [1.54, 1.807) is 6.07 Å². The topological polar surface area (TPSA) is 64.4 Å². The summed E-state index contributed by atoms with van der Waals surface area (Å²) in [5.41, 5.74) is 1.02. The Morgan fingerprint density at radius 1 is 1.45 bits per heavy atom. The molecular formula is C14H19BrN2O3. The Morgan fingerprint density at radius 2 is 2.30 bits per heavy atom. The van der Waals surface area contributed by atoms with Crippen LogP contribution in [0.4, 0.5) is 5.69 Å². The molecule has 1 fully saturated rings. The summed E-state index contributed by atoms with van der Waals surface area (Å²) in [7, 11) is 0. The summed E-state index contributed by atoms with van der Waals surface area (Å²) >= 11 is 3.30. The standard InChI is InChI=1S/C14H19BrN2O3/c15-14-11(4-3-6-13(14)17(18)19)10-16-8-7-12-5-1-2-9-20-12/h3-4,6,12,16H,1-2,5,7-10H2. The smallest absolute Gasteiger partial charge is 0.283 e. The number of hydrogen-bond donors (Lipinski definition) is 1. The first kappa shape index (κ1) is 15.4. The molecule has 5 nitrogen and oxygen atoms in total. The molecule has 1 aliphatic rings. The van der Waals surface area contributed by atoms with Crippen LogP contribution in [0.3, 0.4) is 0 Å². The van der Waals surface area contributed by atoms with Gasteiger partial charge in [0.1, 0.15) is 0 Å². The second kappa shape index (κ2) is 7.71. The Balaban J connectivity index is 1.79. The summed E-state index contributed by atoms with van der Waals surface area (Å²) in [6, 6.07) is 5.11. The molecule has 1 atom stereocenters. The van der Waals surface area contributed by atoms with Crippen molar-refractivity contribution in [2.75, 3.05) is 13.2 Å². The summed E-state index contributed by atoms with van der Waals surface area (Å²) in [4.78, 5) is 10.5. The van der Waals surface area contributed by atoms with Crippen molar-refractivity contribution in [3.63, 3.8) is 0 Å². The van der Waals surface area contributed by atoms with Crippen LogP contribution in [0.2, 0.25) is 0 Å². The fourth-order valence-corrected chi connectivity index (χ4v) is 2.91. The number of hydrogen-bond acceptors (Lipinski definition) is 4. The molecule has 0 spiro atoms. The van der Waals surface area contributed by atoms with E-state index in [0.29, 0.717) is 17.1 Å². The van der Waals surface area contributed by atoms with Gasteiger partial charge in [0.15, 0.2) is 0 Å². The average molecular weight is 343 g/mol. The fourth-order valence-electron chi connectivity index (χ4n) is 2.36. The van der Waals surface area contributed by atoms with Gasteiger partial charge in [0, 0.05) is 19.2 Å².